The molecule has 0 aromatic carbocycles. The molecule has 1 heterocycles. The largest absolute Gasteiger partial charge is 0.464 e. The van der Waals surface area contributed by atoms with E-state index in [2.05, 4.69) is 28.6 Å². The van der Waals surface area contributed by atoms with Gasteiger partial charge in [0.1, 0.15) is 0 Å². The average Bonchev–Trinajstić information content (AvgIpc) is 2.86. The van der Waals surface area contributed by atoms with Crippen molar-refractivity contribution in [3.8, 4) is 0 Å². The third kappa shape index (κ3) is 4.82. The minimum Gasteiger partial charge on any atom is -0.464 e. The summed E-state index contributed by atoms with van der Waals surface area (Å²) in [5, 5.41) is 13.5. The summed E-state index contributed by atoms with van der Waals surface area (Å²) in [5.41, 5.74) is 1.27. The van der Waals surface area contributed by atoms with Crippen LogP contribution in [0, 0.1) is 6.92 Å². The number of carbonyl (C=O) groups is 1. The second-order valence-electron chi connectivity index (χ2n) is 5.12. The van der Waals surface area contributed by atoms with Gasteiger partial charge in [0.05, 0.1) is 20.3 Å². The number of hydrogen-bond acceptors (Lipinski definition) is 5. The van der Waals surface area contributed by atoms with Crippen LogP contribution in [-0.4, -0.2) is 58.6 Å². The fourth-order valence-corrected chi connectivity index (χ4v) is 2.57. The Morgan fingerprint density at radius 3 is 2.62 bits per heavy atom. The predicted molar refractivity (Wildman–Crippen MR) is 81.3 cm³/mol. The molecule has 0 atom stereocenters. The third-order valence-corrected chi connectivity index (χ3v) is 3.82. The van der Waals surface area contributed by atoms with E-state index in [-0.39, 0.29) is 6.61 Å². The van der Waals surface area contributed by atoms with Gasteiger partial charge < -0.3 is 9.84 Å². The maximum atomic E-state index is 11.5. The molecule has 0 aliphatic carbocycles. The van der Waals surface area contributed by atoms with Crippen LogP contribution in [0.2, 0.25) is 0 Å². The molecule has 0 fully saturated rings. The maximum Gasteiger partial charge on any atom is 0.358 e. The van der Waals surface area contributed by atoms with Gasteiger partial charge in [-0.1, -0.05) is 13.8 Å². The number of hydrogen-bond donors (Lipinski definition) is 1. The van der Waals surface area contributed by atoms with Gasteiger partial charge in [-0.2, -0.15) is 5.10 Å². The summed E-state index contributed by atoms with van der Waals surface area (Å²) in [6.45, 7) is 8.56. The Morgan fingerprint density at radius 2 is 2.10 bits per heavy atom. The van der Waals surface area contributed by atoms with Crippen LogP contribution in [-0.2, 0) is 11.3 Å². The first kappa shape index (κ1) is 17.7. The molecule has 1 aromatic heterocycles. The Kier molecular flexibility index (Phi) is 7.39. The molecule has 120 valence electrons. The summed E-state index contributed by atoms with van der Waals surface area (Å²) in [4.78, 5) is 13.8. The molecular formula is C15H27N3O3. The van der Waals surface area contributed by atoms with Crippen LogP contribution in [0.25, 0.3) is 0 Å². The van der Waals surface area contributed by atoms with Gasteiger partial charge >= 0.3 is 5.97 Å². The van der Waals surface area contributed by atoms with E-state index in [1.807, 2.05) is 11.6 Å². The van der Waals surface area contributed by atoms with Crippen molar-refractivity contribution >= 4 is 5.97 Å². The summed E-state index contributed by atoms with van der Waals surface area (Å²) < 4.78 is 6.50. The Bertz CT molecular complexity index is 441. The number of nitrogens with zero attached hydrogens (tertiary/aromatic N) is 3. The topological polar surface area (TPSA) is 67.6 Å². The van der Waals surface area contributed by atoms with E-state index in [1.165, 1.54) is 7.11 Å². The highest BCUT2D eigenvalue weighted by Gasteiger charge is 2.16. The van der Waals surface area contributed by atoms with Crippen molar-refractivity contribution in [1.29, 1.82) is 0 Å². The van der Waals surface area contributed by atoms with Crippen molar-refractivity contribution in [2.45, 2.75) is 46.2 Å². The number of methoxy groups -OCH3 is 1. The minimum absolute atomic E-state index is 0.155. The van der Waals surface area contributed by atoms with Gasteiger partial charge in [0.25, 0.3) is 0 Å². The minimum atomic E-state index is -0.413. The van der Waals surface area contributed by atoms with Crippen LogP contribution in [0.5, 0.6) is 0 Å². The Labute approximate surface area is 126 Å². The summed E-state index contributed by atoms with van der Waals surface area (Å²) in [7, 11) is 1.35. The molecule has 1 rings (SSSR count). The molecule has 1 aromatic rings. The van der Waals surface area contributed by atoms with E-state index >= 15 is 0 Å². The lowest BCUT2D eigenvalue weighted by atomic mass is 10.1. The lowest BCUT2D eigenvalue weighted by Crippen LogP contribution is -2.39. The zero-order chi connectivity index (χ0) is 15.8. The van der Waals surface area contributed by atoms with E-state index in [9.17, 15) is 9.90 Å². The Hall–Kier alpha value is -1.40. The van der Waals surface area contributed by atoms with E-state index in [0.717, 1.165) is 25.1 Å². The molecule has 0 bridgehead atoms. The molecule has 6 heteroatoms. The summed E-state index contributed by atoms with van der Waals surface area (Å²) in [6.07, 6.45) is 2.12. The molecule has 0 aliphatic heterocycles. The highest BCUT2D eigenvalue weighted by molar-refractivity contribution is 5.87. The first-order valence-corrected chi connectivity index (χ1v) is 7.54. The van der Waals surface area contributed by atoms with Crippen LogP contribution in [0.4, 0.5) is 0 Å². The number of aliphatic hydroxyl groups excluding tert-OH is 1. The maximum absolute atomic E-state index is 11.5. The van der Waals surface area contributed by atoms with Crippen LogP contribution in [0.15, 0.2) is 6.07 Å². The molecule has 0 spiro atoms. The van der Waals surface area contributed by atoms with Crippen molar-refractivity contribution < 1.29 is 14.6 Å². The fourth-order valence-electron chi connectivity index (χ4n) is 2.57. The van der Waals surface area contributed by atoms with Gasteiger partial charge in [0.2, 0.25) is 0 Å². The number of ether oxygens (including phenoxy) is 1. The van der Waals surface area contributed by atoms with Crippen LogP contribution in [0.3, 0.4) is 0 Å². The molecule has 0 saturated carbocycles. The van der Waals surface area contributed by atoms with E-state index in [4.69, 9.17) is 0 Å². The second kappa shape index (κ2) is 8.79. The van der Waals surface area contributed by atoms with Gasteiger partial charge in [0, 0.05) is 24.8 Å². The third-order valence-electron chi connectivity index (χ3n) is 3.82. The van der Waals surface area contributed by atoms with Crippen LogP contribution in [0.1, 0.15) is 42.9 Å². The molecule has 0 radical (unpaired) electrons. The zero-order valence-corrected chi connectivity index (χ0v) is 13.5. The van der Waals surface area contributed by atoms with Gasteiger partial charge in [-0.05, 0) is 25.8 Å². The van der Waals surface area contributed by atoms with Crippen molar-refractivity contribution in [3.05, 3.63) is 17.5 Å². The number of aromatic nitrogens is 2. The first-order chi connectivity index (χ1) is 10.1. The van der Waals surface area contributed by atoms with Gasteiger partial charge in [-0.3, -0.25) is 9.58 Å². The van der Waals surface area contributed by atoms with E-state index < -0.39 is 5.97 Å². The zero-order valence-electron chi connectivity index (χ0n) is 13.5. The van der Waals surface area contributed by atoms with Crippen molar-refractivity contribution in [2.24, 2.45) is 0 Å². The first-order valence-electron chi connectivity index (χ1n) is 7.54. The van der Waals surface area contributed by atoms with Crippen molar-refractivity contribution in [1.82, 2.24) is 14.7 Å². The summed E-state index contributed by atoms with van der Waals surface area (Å²) >= 11 is 0. The average molecular weight is 297 g/mol. The highest BCUT2D eigenvalue weighted by atomic mass is 16.5. The van der Waals surface area contributed by atoms with Gasteiger partial charge in [-0.15, -0.1) is 0 Å². The van der Waals surface area contributed by atoms with E-state index in [0.29, 0.717) is 24.8 Å². The predicted octanol–water partition coefficient (Wildman–Crippen LogP) is 1.46. The van der Waals surface area contributed by atoms with Gasteiger partial charge in [-0.25, -0.2) is 4.79 Å². The number of aliphatic hydroxyl groups is 1. The lowest BCUT2D eigenvalue weighted by molar-refractivity contribution is 0.0592. The summed E-state index contributed by atoms with van der Waals surface area (Å²) in [5.74, 6) is -0.413. The molecule has 1 N–H and O–H groups in total. The normalized spacial score (nSPS) is 11.4. The SMILES string of the molecule is CCC(CC)N(CCO)CCn1nc(C(=O)OC)cc1C. The monoisotopic (exact) mass is 297 g/mol. The van der Waals surface area contributed by atoms with Gasteiger partial charge in [0.15, 0.2) is 5.69 Å². The fraction of sp³-hybridized carbons (Fsp3) is 0.733. The molecule has 0 saturated heterocycles. The highest BCUT2D eigenvalue weighted by Crippen LogP contribution is 2.10. The quantitative estimate of drug-likeness (QED) is 0.699. The second-order valence-corrected chi connectivity index (χ2v) is 5.12. The molecule has 0 unspecified atom stereocenters. The van der Waals surface area contributed by atoms with Crippen molar-refractivity contribution in [3.63, 3.8) is 0 Å². The number of aryl methyl sites for hydroxylation is 1. The van der Waals surface area contributed by atoms with Crippen LogP contribution >= 0.6 is 0 Å². The van der Waals surface area contributed by atoms with Crippen LogP contribution < -0.4 is 0 Å². The van der Waals surface area contributed by atoms with Crippen molar-refractivity contribution in [2.75, 3.05) is 26.8 Å². The molecule has 0 aliphatic rings. The summed E-state index contributed by atoms with van der Waals surface area (Å²) in [6, 6.07) is 2.20. The standard InChI is InChI=1S/C15H27N3O3/c1-5-13(6-2)17(9-10-19)7-8-18-12(3)11-14(16-18)15(20)21-4/h11,13,19H,5-10H2,1-4H3. The molecular weight excluding hydrogens is 270 g/mol. The van der Waals surface area contributed by atoms with E-state index in [1.54, 1.807) is 6.07 Å². The molecule has 6 nitrogen and oxygen atoms in total. The molecule has 21 heavy (non-hydrogen) atoms. The lowest BCUT2D eigenvalue weighted by Gasteiger charge is -2.29. The number of esters is 1. The smallest absolute Gasteiger partial charge is 0.358 e. The Balaban J connectivity index is 2.71. The molecule has 0 amide bonds. The number of rotatable bonds is 9. The Morgan fingerprint density at radius 1 is 1.43 bits per heavy atom. The number of carbonyl (C=O) groups excluding carboxylic acids is 1.